The number of ether oxygens (including phenoxy) is 2. The zero-order valence-electron chi connectivity index (χ0n) is 15.0. The number of amides is 1. The summed E-state index contributed by atoms with van der Waals surface area (Å²) >= 11 is 5.93. The van der Waals surface area contributed by atoms with Gasteiger partial charge in [0.2, 0.25) is 5.76 Å². The van der Waals surface area contributed by atoms with Gasteiger partial charge < -0.3 is 19.2 Å². The summed E-state index contributed by atoms with van der Waals surface area (Å²) in [6.45, 7) is 1.39. The number of esters is 1. The number of carbonyl (C=O) groups excluding carboxylic acids is 2. The van der Waals surface area contributed by atoms with Gasteiger partial charge in [-0.1, -0.05) is 23.7 Å². The van der Waals surface area contributed by atoms with E-state index >= 15 is 0 Å². The van der Waals surface area contributed by atoms with Crippen LogP contribution in [0.3, 0.4) is 0 Å². The summed E-state index contributed by atoms with van der Waals surface area (Å²) in [5.74, 6) is -1.42. The first-order valence-electron chi connectivity index (χ1n) is 8.27. The molecule has 3 rings (SSSR count). The fourth-order valence-corrected chi connectivity index (χ4v) is 2.66. The van der Waals surface area contributed by atoms with Gasteiger partial charge in [0.25, 0.3) is 5.91 Å². The van der Waals surface area contributed by atoms with E-state index in [1.165, 1.54) is 20.1 Å². The number of halogens is 1. The lowest BCUT2D eigenvalue weighted by Gasteiger charge is -2.15. The summed E-state index contributed by atoms with van der Waals surface area (Å²) in [5, 5.41) is 3.33. The molecule has 0 fully saturated rings. The van der Waals surface area contributed by atoms with Crippen LogP contribution < -0.4 is 15.5 Å². The molecule has 0 bridgehead atoms. The van der Waals surface area contributed by atoms with Crippen molar-refractivity contribution in [1.82, 2.24) is 0 Å². The molecule has 1 N–H and O–H groups in total. The quantitative estimate of drug-likeness (QED) is 0.656. The largest absolute Gasteiger partial charge is 0.495 e. The van der Waals surface area contributed by atoms with Crippen molar-refractivity contribution in [2.24, 2.45) is 0 Å². The molecule has 0 spiro atoms. The normalized spacial score (nSPS) is 11.7. The van der Waals surface area contributed by atoms with Crippen LogP contribution in [0.25, 0.3) is 11.0 Å². The Kier molecular flexibility index (Phi) is 5.65. The van der Waals surface area contributed by atoms with E-state index in [-0.39, 0.29) is 16.8 Å². The topological polar surface area (TPSA) is 94.8 Å². The highest BCUT2D eigenvalue weighted by Crippen LogP contribution is 2.27. The number of hydrogen-bond acceptors (Lipinski definition) is 6. The lowest BCUT2D eigenvalue weighted by molar-refractivity contribution is -0.123. The minimum absolute atomic E-state index is 0.253. The van der Waals surface area contributed by atoms with Crippen LogP contribution in [0, 0.1) is 0 Å². The molecule has 1 unspecified atom stereocenters. The number of rotatable bonds is 5. The highest BCUT2D eigenvalue weighted by atomic mass is 35.5. The van der Waals surface area contributed by atoms with Crippen molar-refractivity contribution >= 4 is 40.1 Å². The Labute approximate surface area is 164 Å². The molecule has 3 aromatic rings. The van der Waals surface area contributed by atoms with E-state index in [0.29, 0.717) is 21.8 Å². The molecule has 0 aliphatic heterocycles. The molecule has 0 saturated heterocycles. The van der Waals surface area contributed by atoms with Crippen molar-refractivity contribution in [3.8, 4) is 5.75 Å². The van der Waals surface area contributed by atoms with Gasteiger partial charge in [-0.2, -0.15) is 0 Å². The van der Waals surface area contributed by atoms with E-state index < -0.39 is 18.0 Å². The van der Waals surface area contributed by atoms with Gasteiger partial charge in [0.1, 0.15) is 11.3 Å². The standard InChI is InChI=1S/C20H16ClNO6/c1-11(19(24)22-14-9-12(21)7-8-17(14)26-2)27-20(25)18-10-15(23)13-5-3-4-6-16(13)28-18/h3-11H,1-2H3,(H,22,24). The van der Waals surface area contributed by atoms with Gasteiger partial charge in [0.15, 0.2) is 11.5 Å². The van der Waals surface area contributed by atoms with Gasteiger partial charge in [0.05, 0.1) is 18.2 Å². The molecule has 1 atom stereocenters. The molecule has 0 aliphatic rings. The summed E-state index contributed by atoms with van der Waals surface area (Å²) in [4.78, 5) is 36.8. The highest BCUT2D eigenvalue weighted by molar-refractivity contribution is 6.31. The van der Waals surface area contributed by atoms with Gasteiger partial charge in [-0.3, -0.25) is 9.59 Å². The third-order valence-corrected chi connectivity index (χ3v) is 4.14. The van der Waals surface area contributed by atoms with Crippen LogP contribution in [0.5, 0.6) is 5.75 Å². The molecular weight excluding hydrogens is 386 g/mol. The molecule has 8 heteroatoms. The first kappa shape index (κ1) is 19.4. The lowest BCUT2D eigenvalue weighted by Crippen LogP contribution is -2.30. The molecule has 1 aromatic heterocycles. The second-order valence-electron chi connectivity index (χ2n) is 5.85. The summed E-state index contributed by atoms with van der Waals surface area (Å²) in [6.07, 6.45) is -1.16. The number of nitrogens with one attached hydrogen (secondary N) is 1. The van der Waals surface area contributed by atoms with E-state index in [9.17, 15) is 14.4 Å². The second-order valence-corrected chi connectivity index (χ2v) is 6.29. The van der Waals surface area contributed by atoms with E-state index in [4.69, 9.17) is 25.5 Å². The van der Waals surface area contributed by atoms with Crippen molar-refractivity contribution < 1.29 is 23.5 Å². The van der Waals surface area contributed by atoms with Crippen molar-refractivity contribution in [2.45, 2.75) is 13.0 Å². The maximum atomic E-state index is 12.4. The Morgan fingerprint density at radius 3 is 2.64 bits per heavy atom. The third kappa shape index (κ3) is 4.15. The Balaban J connectivity index is 1.75. The zero-order chi connectivity index (χ0) is 20.3. The van der Waals surface area contributed by atoms with Gasteiger partial charge >= 0.3 is 5.97 Å². The van der Waals surface area contributed by atoms with Gasteiger partial charge in [-0.15, -0.1) is 0 Å². The zero-order valence-corrected chi connectivity index (χ0v) is 15.8. The Morgan fingerprint density at radius 1 is 1.14 bits per heavy atom. The summed E-state index contributed by atoms with van der Waals surface area (Å²) in [6, 6.07) is 12.3. The number of hydrogen-bond donors (Lipinski definition) is 1. The van der Waals surface area contributed by atoms with Crippen LogP contribution in [0.15, 0.2) is 57.7 Å². The molecule has 1 amide bonds. The maximum Gasteiger partial charge on any atom is 0.375 e. The first-order chi connectivity index (χ1) is 13.4. The summed E-state index contributed by atoms with van der Waals surface area (Å²) in [5.41, 5.74) is 0.206. The summed E-state index contributed by atoms with van der Waals surface area (Å²) < 4.78 is 15.7. The number of anilines is 1. The molecule has 28 heavy (non-hydrogen) atoms. The molecule has 144 valence electrons. The van der Waals surface area contributed by atoms with Gasteiger partial charge in [-0.25, -0.2) is 4.79 Å². The third-order valence-electron chi connectivity index (χ3n) is 3.91. The van der Waals surface area contributed by atoms with Crippen molar-refractivity contribution in [3.63, 3.8) is 0 Å². The van der Waals surface area contributed by atoms with Crippen molar-refractivity contribution in [3.05, 3.63) is 69.5 Å². The minimum atomic E-state index is -1.16. The predicted octanol–water partition coefficient (Wildman–Crippen LogP) is 3.64. The fourth-order valence-electron chi connectivity index (χ4n) is 2.49. The van der Waals surface area contributed by atoms with Gasteiger partial charge in [-0.05, 0) is 37.3 Å². The van der Waals surface area contributed by atoms with E-state index in [0.717, 1.165) is 6.07 Å². The average molecular weight is 402 g/mol. The van der Waals surface area contributed by atoms with Crippen molar-refractivity contribution in [2.75, 3.05) is 12.4 Å². The SMILES string of the molecule is COc1ccc(Cl)cc1NC(=O)C(C)OC(=O)c1cc(=O)c2ccccc2o1. The number of carbonyl (C=O) groups is 2. The molecule has 0 aliphatic carbocycles. The second kappa shape index (κ2) is 8.14. The van der Waals surface area contributed by atoms with Crippen LogP contribution in [0.4, 0.5) is 5.69 Å². The molecule has 7 nitrogen and oxygen atoms in total. The van der Waals surface area contributed by atoms with Crippen LogP contribution in [0.2, 0.25) is 5.02 Å². The molecule has 2 aromatic carbocycles. The number of benzene rings is 2. The Morgan fingerprint density at radius 2 is 1.89 bits per heavy atom. The lowest BCUT2D eigenvalue weighted by atomic mass is 10.2. The number of para-hydroxylation sites is 1. The fraction of sp³-hybridized carbons (Fsp3) is 0.150. The van der Waals surface area contributed by atoms with E-state index in [2.05, 4.69) is 5.32 Å². The molecule has 0 saturated carbocycles. The smallest absolute Gasteiger partial charge is 0.375 e. The number of fused-ring (bicyclic) bond motifs is 1. The predicted molar refractivity (Wildman–Crippen MR) is 104 cm³/mol. The summed E-state index contributed by atoms with van der Waals surface area (Å²) in [7, 11) is 1.45. The highest BCUT2D eigenvalue weighted by Gasteiger charge is 2.22. The molecular formula is C20H16ClNO6. The van der Waals surface area contributed by atoms with Crippen LogP contribution in [-0.2, 0) is 9.53 Å². The van der Waals surface area contributed by atoms with E-state index in [1.54, 1.807) is 36.4 Å². The molecule has 1 heterocycles. The van der Waals surface area contributed by atoms with E-state index in [1.807, 2.05) is 0 Å². The maximum absolute atomic E-state index is 12.4. The Hall–Kier alpha value is -3.32. The first-order valence-corrected chi connectivity index (χ1v) is 8.65. The monoisotopic (exact) mass is 401 g/mol. The Bertz CT molecular complexity index is 1110. The van der Waals surface area contributed by atoms with Crippen LogP contribution in [-0.4, -0.2) is 25.1 Å². The number of methoxy groups -OCH3 is 1. The van der Waals surface area contributed by atoms with Gasteiger partial charge in [0, 0.05) is 11.1 Å². The van der Waals surface area contributed by atoms with Crippen LogP contribution >= 0.6 is 11.6 Å². The average Bonchev–Trinajstić information content (AvgIpc) is 2.68. The minimum Gasteiger partial charge on any atom is -0.495 e. The van der Waals surface area contributed by atoms with Crippen LogP contribution in [0.1, 0.15) is 17.5 Å². The molecule has 0 radical (unpaired) electrons. The van der Waals surface area contributed by atoms with Crippen molar-refractivity contribution in [1.29, 1.82) is 0 Å².